The fourth-order valence-electron chi connectivity index (χ4n) is 2.82. The summed E-state index contributed by atoms with van der Waals surface area (Å²) in [5.74, 6) is 0.565. The van der Waals surface area contributed by atoms with Crippen LogP contribution >= 0.6 is 27.3 Å². The molecule has 0 unspecified atom stereocenters. The first-order chi connectivity index (χ1) is 15.2. The minimum Gasteiger partial charge on any atom is -0.489 e. The summed E-state index contributed by atoms with van der Waals surface area (Å²) in [7, 11) is 0. The van der Waals surface area contributed by atoms with Gasteiger partial charge in [0.05, 0.1) is 5.69 Å². The number of carbonyl (C=O) groups is 1. The Labute approximate surface area is 193 Å². The van der Waals surface area contributed by atoms with Gasteiger partial charge in [-0.15, -0.1) is 11.3 Å². The Morgan fingerprint density at radius 3 is 2.48 bits per heavy atom. The molecule has 1 heterocycles. The number of hydrogen-bond acceptors (Lipinski definition) is 4. The molecule has 1 aromatic heterocycles. The molecule has 0 atom stereocenters. The molecule has 4 rings (SSSR count). The lowest BCUT2D eigenvalue weighted by molar-refractivity contribution is -0.111. The Morgan fingerprint density at radius 2 is 1.74 bits per heavy atom. The van der Waals surface area contributed by atoms with Crippen LogP contribution in [0.1, 0.15) is 11.1 Å². The molecule has 0 aliphatic heterocycles. The van der Waals surface area contributed by atoms with Gasteiger partial charge < -0.3 is 4.74 Å². The number of rotatable bonds is 7. The third-order valence-corrected chi connectivity index (χ3v) is 5.72. The Morgan fingerprint density at radius 1 is 1.00 bits per heavy atom. The standard InChI is InChI=1S/C25H19BrN2O2S/c26-21-11-9-20(10-12-21)23-17-31-25(27-23)28-24(29)15-8-18-6-13-22(14-7-18)30-16-19-4-2-1-3-5-19/h1-15,17H,16H2,(H,27,28,29). The summed E-state index contributed by atoms with van der Waals surface area (Å²) in [4.78, 5) is 16.7. The molecule has 4 aromatic rings. The zero-order valence-electron chi connectivity index (χ0n) is 16.5. The number of hydrogen-bond donors (Lipinski definition) is 1. The summed E-state index contributed by atoms with van der Waals surface area (Å²) in [6, 6.07) is 25.5. The Balaban J connectivity index is 1.30. The van der Waals surface area contributed by atoms with Crippen molar-refractivity contribution in [1.82, 2.24) is 4.98 Å². The van der Waals surface area contributed by atoms with E-state index in [0.29, 0.717) is 11.7 Å². The van der Waals surface area contributed by atoms with Crippen LogP contribution in [0.15, 0.2) is 94.8 Å². The van der Waals surface area contributed by atoms with Crippen molar-refractivity contribution in [2.75, 3.05) is 5.32 Å². The number of thiazole rings is 1. The van der Waals surface area contributed by atoms with Gasteiger partial charge in [-0.05, 0) is 41.5 Å². The first-order valence-corrected chi connectivity index (χ1v) is 11.3. The van der Waals surface area contributed by atoms with E-state index in [1.54, 1.807) is 6.08 Å². The molecule has 3 aromatic carbocycles. The third kappa shape index (κ3) is 6.13. The monoisotopic (exact) mass is 490 g/mol. The van der Waals surface area contributed by atoms with Gasteiger partial charge in [0, 0.05) is 21.5 Å². The van der Waals surface area contributed by atoms with Gasteiger partial charge in [0.2, 0.25) is 5.91 Å². The van der Waals surface area contributed by atoms with E-state index in [9.17, 15) is 4.79 Å². The van der Waals surface area contributed by atoms with Crippen LogP contribution < -0.4 is 10.1 Å². The first-order valence-electron chi connectivity index (χ1n) is 9.63. The van der Waals surface area contributed by atoms with Crippen LogP contribution in [0.3, 0.4) is 0 Å². The van der Waals surface area contributed by atoms with Gasteiger partial charge in [0.15, 0.2) is 5.13 Å². The molecular weight excluding hydrogens is 472 g/mol. The molecule has 0 aliphatic rings. The lowest BCUT2D eigenvalue weighted by atomic mass is 10.2. The van der Waals surface area contributed by atoms with E-state index in [-0.39, 0.29) is 5.91 Å². The number of ether oxygens (including phenoxy) is 1. The van der Waals surface area contributed by atoms with Crippen LogP contribution in [0.2, 0.25) is 0 Å². The molecule has 0 radical (unpaired) electrons. The second-order valence-corrected chi connectivity index (χ2v) is 8.48. The minimum absolute atomic E-state index is 0.221. The first kappa shape index (κ1) is 21.0. The van der Waals surface area contributed by atoms with Crippen molar-refractivity contribution in [2.45, 2.75) is 6.61 Å². The van der Waals surface area contributed by atoms with Gasteiger partial charge in [0.25, 0.3) is 0 Å². The summed E-state index contributed by atoms with van der Waals surface area (Å²) in [5.41, 5.74) is 3.87. The average molecular weight is 491 g/mol. The third-order valence-electron chi connectivity index (χ3n) is 4.43. The van der Waals surface area contributed by atoms with Crippen LogP contribution in [0.4, 0.5) is 5.13 Å². The molecule has 31 heavy (non-hydrogen) atoms. The topological polar surface area (TPSA) is 51.2 Å². The maximum atomic E-state index is 12.2. The number of halogens is 1. The second kappa shape index (κ2) is 10.2. The van der Waals surface area contributed by atoms with E-state index < -0.39 is 0 Å². The molecule has 0 fully saturated rings. The SMILES string of the molecule is O=C(C=Cc1ccc(OCc2ccccc2)cc1)Nc1nc(-c2ccc(Br)cc2)cs1. The largest absolute Gasteiger partial charge is 0.489 e. The van der Waals surface area contributed by atoms with Crippen molar-refractivity contribution < 1.29 is 9.53 Å². The van der Waals surface area contributed by atoms with Gasteiger partial charge >= 0.3 is 0 Å². The van der Waals surface area contributed by atoms with E-state index in [2.05, 4.69) is 26.2 Å². The van der Waals surface area contributed by atoms with Crippen molar-refractivity contribution in [3.63, 3.8) is 0 Å². The Hall–Kier alpha value is -3.22. The highest BCUT2D eigenvalue weighted by molar-refractivity contribution is 9.10. The highest BCUT2D eigenvalue weighted by Gasteiger charge is 2.06. The van der Waals surface area contributed by atoms with Crippen molar-refractivity contribution in [1.29, 1.82) is 0 Å². The predicted octanol–water partition coefficient (Wildman–Crippen LogP) is 6.80. The van der Waals surface area contributed by atoms with Crippen LogP contribution in [-0.2, 0) is 11.4 Å². The molecule has 154 valence electrons. The number of nitrogens with one attached hydrogen (secondary N) is 1. The van der Waals surface area contributed by atoms with Crippen LogP contribution in [-0.4, -0.2) is 10.9 Å². The lowest BCUT2D eigenvalue weighted by Crippen LogP contribution is -2.07. The van der Waals surface area contributed by atoms with E-state index >= 15 is 0 Å². The Bertz CT molecular complexity index is 1170. The number of nitrogens with zero attached hydrogens (tertiary/aromatic N) is 1. The van der Waals surface area contributed by atoms with Gasteiger partial charge in [-0.2, -0.15) is 0 Å². The molecule has 1 amide bonds. The van der Waals surface area contributed by atoms with Crippen molar-refractivity contribution in [3.05, 3.63) is 106 Å². The summed E-state index contributed by atoms with van der Waals surface area (Å²) in [5, 5.41) is 5.31. The molecular formula is C25H19BrN2O2S. The summed E-state index contributed by atoms with van der Waals surface area (Å²) < 4.78 is 6.80. The summed E-state index contributed by atoms with van der Waals surface area (Å²) >= 11 is 4.82. The molecule has 6 heteroatoms. The minimum atomic E-state index is -0.221. The molecule has 4 nitrogen and oxygen atoms in total. The Kier molecular flexibility index (Phi) is 6.92. The normalized spacial score (nSPS) is 10.9. The second-order valence-electron chi connectivity index (χ2n) is 6.71. The molecule has 0 aliphatic carbocycles. The van der Waals surface area contributed by atoms with E-state index in [1.807, 2.05) is 84.2 Å². The van der Waals surface area contributed by atoms with Gasteiger partial charge in [-0.25, -0.2) is 4.98 Å². The van der Waals surface area contributed by atoms with E-state index in [4.69, 9.17) is 4.74 Å². The summed E-state index contributed by atoms with van der Waals surface area (Å²) in [6.45, 7) is 0.522. The van der Waals surface area contributed by atoms with Gasteiger partial charge in [0.1, 0.15) is 12.4 Å². The van der Waals surface area contributed by atoms with Gasteiger partial charge in [-0.3, -0.25) is 10.1 Å². The number of benzene rings is 3. The maximum absolute atomic E-state index is 12.2. The molecule has 0 bridgehead atoms. The van der Waals surface area contributed by atoms with Crippen LogP contribution in [0.5, 0.6) is 5.75 Å². The fraction of sp³-hybridized carbons (Fsp3) is 0.0400. The van der Waals surface area contributed by atoms with Crippen molar-refractivity contribution in [3.8, 4) is 17.0 Å². The number of amides is 1. The predicted molar refractivity (Wildman–Crippen MR) is 130 cm³/mol. The molecule has 0 spiro atoms. The zero-order chi connectivity index (χ0) is 21.5. The van der Waals surface area contributed by atoms with Crippen molar-refractivity contribution >= 4 is 44.4 Å². The fourth-order valence-corrected chi connectivity index (χ4v) is 3.81. The number of anilines is 1. The smallest absolute Gasteiger partial charge is 0.250 e. The van der Waals surface area contributed by atoms with Crippen molar-refractivity contribution in [2.24, 2.45) is 0 Å². The lowest BCUT2D eigenvalue weighted by Gasteiger charge is -2.06. The van der Waals surface area contributed by atoms with E-state index in [1.165, 1.54) is 17.4 Å². The van der Waals surface area contributed by atoms with Crippen LogP contribution in [0.25, 0.3) is 17.3 Å². The number of carbonyl (C=O) groups excluding carboxylic acids is 1. The quantitative estimate of drug-likeness (QED) is 0.289. The number of aromatic nitrogens is 1. The van der Waals surface area contributed by atoms with Gasteiger partial charge in [-0.1, -0.05) is 70.5 Å². The maximum Gasteiger partial charge on any atom is 0.250 e. The molecule has 1 N–H and O–H groups in total. The van der Waals surface area contributed by atoms with E-state index in [0.717, 1.165) is 32.6 Å². The highest BCUT2D eigenvalue weighted by atomic mass is 79.9. The molecule has 0 saturated heterocycles. The summed E-state index contributed by atoms with van der Waals surface area (Å²) in [6.07, 6.45) is 3.26. The average Bonchev–Trinajstić information content (AvgIpc) is 3.26. The zero-order valence-corrected chi connectivity index (χ0v) is 18.9. The van der Waals surface area contributed by atoms with Crippen LogP contribution in [0, 0.1) is 0 Å². The highest BCUT2D eigenvalue weighted by Crippen LogP contribution is 2.26. The molecule has 0 saturated carbocycles.